The second-order valence-corrected chi connectivity index (χ2v) is 6.46. The molecule has 0 fully saturated rings. The number of carbonyl (C=O) groups is 1. The van der Waals surface area contributed by atoms with Crippen LogP contribution in [0.2, 0.25) is 0 Å². The molecule has 4 rings (SSSR count). The van der Waals surface area contributed by atoms with Crippen molar-refractivity contribution in [1.29, 1.82) is 0 Å². The molecular weight excluding hydrogens is 358 g/mol. The number of rotatable bonds is 6. The molecule has 144 valence electrons. The summed E-state index contributed by atoms with van der Waals surface area (Å²) in [4.78, 5) is 21.2. The van der Waals surface area contributed by atoms with Gasteiger partial charge in [-0.3, -0.25) is 4.79 Å². The maximum absolute atomic E-state index is 12.1. The Kier molecular flexibility index (Phi) is 4.68. The van der Waals surface area contributed by atoms with E-state index in [0.717, 1.165) is 35.4 Å². The van der Waals surface area contributed by atoms with Crippen molar-refractivity contribution < 1.29 is 13.7 Å². The molecule has 3 heterocycles. The van der Waals surface area contributed by atoms with Gasteiger partial charge in [-0.15, -0.1) is 0 Å². The maximum Gasteiger partial charge on any atom is 0.287 e. The summed E-state index contributed by atoms with van der Waals surface area (Å²) in [5.74, 6) is 1.75. The fraction of sp³-hybridized carbons (Fsp3) is 0.300. The molecule has 1 amide bonds. The van der Waals surface area contributed by atoms with Crippen LogP contribution in [-0.4, -0.2) is 25.6 Å². The molecule has 3 aromatic heterocycles. The Hall–Kier alpha value is -3.42. The van der Waals surface area contributed by atoms with Crippen LogP contribution >= 0.6 is 0 Å². The average molecular weight is 379 g/mol. The smallest absolute Gasteiger partial charge is 0.287 e. The highest BCUT2D eigenvalue weighted by Crippen LogP contribution is 2.25. The molecule has 0 spiro atoms. The number of nitrogens with one attached hydrogen (secondary N) is 1. The molecule has 0 radical (unpaired) electrons. The lowest BCUT2D eigenvalue weighted by Crippen LogP contribution is -2.26. The normalized spacial score (nSPS) is 12.4. The van der Waals surface area contributed by atoms with Crippen LogP contribution in [0.4, 0.5) is 0 Å². The third kappa shape index (κ3) is 3.17. The molecule has 1 unspecified atom stereocenters. The summed E-state index contributed by atoms with van der Waals surface area (Å²) in [7, 11) is 0. The van der Waals surface area contributed by atoms with E-state index in [9.17, 15) is 4.79 Å². The molecular formula is C20H21N5O3. The van der Waals surface area contributed by atoms with E-state index in [4.69, 9.17) is 8.94 Å². The van der Waals surface area contributed by atoms with Crippen LogP contribution in [0.25, 0.3) is 22.4 Å². The molecule has 0 aliphatic rings. The minimum atomic E-state index is -0.449. The van der Waals surface area contributed by atoms with Gasteiger partial charge >= 0.3 is 0 Å². The number of carbonyl (C=O) groups excluding carboxylic acids is 1. The van der Waals surface area contributed by atoms with Gasteiger partial charge in [-0.25, -0.2) is 4.98 Å². The Bertz CT molecular complexity index is 1110. The van der Waals surface area contributed by atoms with E-state index in [1.54, 1.807) is 19.1 Å². The molecule has 0 saturated heterocycles. The average Bonchev–Trinajstić information content (AvgIpc) is 3.46. The molecule has 8 heteroatoms. The highest BCUT2D eigenvalue weighted by molar-refractivity contribution is 5.91. The first-order valence-corrected chi connectivity index (χ1v) is 9.28. The van der Waals surface area contributed by atoms with Gasteiger partial charge in [0.05, 0.1) is 17.3 Å². The highest BCUT2D eigenvalue weighted by atomic mass is 16.5. The fourth-order valence-corrected chi connectivity index (χ4v) is 3.20. The largest absolute Gasteiger partial charge is 0.459 e. The van der Waals surface area contributed by atoms with Gasteiger partial charge in [0.15, 0.2) is 5.76 Å². The predicted molar refractivity (Wildman–Crippen MR) is 103 cm³/mol. The van der Waals surface area contributed by atoms with E-state index in [0.29, 0.717) is 11.7 Å². The first-order chi connectivity index (χ1) is 13.6. The monoisotopic (exact) mass is 379 g/mol. The second kappa shape index (κ2) is 7.30. The van der Waals surface area contributed by atoms with Crippen LogP contribution in [0, 0.1) is 0 Å². The van der Waals surface area contributed by atoms with Gasteiger partial charge < -0.3 is 18.8 Å². The van der Waals surface area contributed by atoms with Crippen molar-refractivity contribution in [3.05, 3.63) is 54.1 Å². The van der Waals surface area contributed by atoms with Crippen LogP contribution in [0.1, 0.15) is 49.1 Å². The van der Waals surface area contributed by atoms with Gasteiger partial charge in [0.25, 0.3) is 5.91 Å². The Morgan fingerprint density at radius 1 is 1.25 bits per heavy atom. The third-order valence-electron chi connectivity index (χ3n) is 4.62. The fourth-order valence-electron chi connectivity index (χ4n) is 3.20. The molecule has 0 aliphatic heterocycles. The lowest BCUT2D eigenvalue weighted by molar-refractivity contribution is 0.0904. The number of imidazole rings is 1. The first-order valence-electron chi connectivity index (χ1n) is 9.28. The van der Waals surface area contributed by atoms with Gasteiger partial charge in [0.2, 0.25) is 11.7 Å². The Morgan fingerprint density at radius 3 is 2.82 bits per heavy atom. The summed E-state index contributed by atoms with van der Waals surface area (Å²) in [5, 5.41) is 6.86. The van der Waals surface area contributed by atoms with E-state index in [1.807, 2.05) is 18.2 Å². The van der Waals surface area contributed by atoms with Crippen LogP contribution < -0.4 is 5.32 Å². The molecule has 0 bridgehead atoms. The lowest BCUT2D eigenvalue weighted by atomic mass is 10.2. The number of hydrogen-bond donors (Lipinski definition) is 1. The summed E-state index contributed by atoms with van der Waals surface area (Å²) in [6.07, 6.45) is 2.32. The Balaban J connectivity index is 1.59. The van der Waals surface area contributed by atoms with E-state index >= 15 is 0 Å². The van der Waals surface area contributed by atoms with Crippen molar-refractivity contribution in [2.24, 2.45) is 0 Å². The van der Waals surface area contributed by atoms with Crippen molar-refractivity contribution in [3.8, 4) is 11.4 Å². The quantitative estimate of drug-likeness (QED) is 0.548. The summed E-state index contributed by atoms with van der Waals surface area (Å²) in [6.45, 7) is 6.82. The summed E-state index contributed by atoms with van der Waals surface area (Å²) >= 11 is 0. The van der Waals surface area contributed by atoms with Crippen LogP contribution in [0.15, 0.2) is 45.5 Å². The number of aromatic nitrogens is 4. The van der Waals surface area contributed by atoms with Crippen molar-refractivity contribution in [1.82, 2.24) is 25.0 Å². The van der Waals surface area contributed by atoms with E-state index in [-0.39, 0.29) is 11.7 Å². The van der Waals surface area contributed by atoms with Crippen molar-refractivity contribution in [2.75, 3.05) is 0 Å². The van der Waals surface area contributed by atoms with Crippen LogP contribution in [0.3, 0.4) is 0 Å². The topological polar surface area (TPSA) is 99.0 Å². The molecule has 0 saturated carbocycles. The van der Waals surface area contributed by atoms with Gasteiger partial charge in [-0.05, 0) is 44.2 Å². The summed E-state index contributed by atoms with van der Waals surface area (Å²) in [5.41, 5.74) is 2.83. The van der Waals surface area contributed by atoms with E-state index in [1.165, 1.54) is 6.26 Å². The zero-order chi connectivity index (χ0) is 19.7. The van der Waals surface area contributed by atoms with Crippen LogP contribution in [-0.2, 0) is 13.0 Å². The van der Waals surface area contributed by atoms with Gasteiger partial charge in [0, 0.05) is 18.5 Å². The number of aryl methyl sites for hydroxylation is 2. The number of amides is 1. The predicted octanol–water partition coefficient (Wildman–Crippen LogP) is 3.75. The third-order valence-corrected chi connectivity index (χ3v) is 4.62. The van der Waals surface area contributed by atoms with Crippen molar-refractivity contribution >= 4 is 16.9 Å². The Morgan fingerprint density at radius 2 is 2.11 bits per heavy atom. The minimum Gasteiger partial charge on any atom is -0.459 e. The molecule has 1 atom stereocenters. The van der Waals surface area contributed by atoms with Gasteiger partial charge in [0.1, 0.15) is 11.9 Å². The zero-order valence-corrected chi connectivity index (χ0v) is 16.0. The molecule has 8 nitrogen and oxygen atoms in total. The van der Waals surface area contributed by atoms with Gasteiger partial charge in [-0.2, -0.15) is 4.98 Å². The Labute approximate surface area is 161 Å². The standard InChI is InChI=1S/C20H21N5O3/c1-4-17-22-14-9-8-13(11-15(14)25(17)5-2)18-23-20(28-24-18)12(3)21-19(26)16-7-6-10-27-16/h6-12H,4-5H2,1-3H3,(H,21,26). The molecule has 28 heavy (non-hydrogen) atoms. The molecule has 0 aliphatic carbocycles. The van der Waals surface area contributed by atoms with Crippen molar-refractivity contribution in [2.45, 2.75) is 39.8 Å². The first kappa shape index (κ1) is 18.0. The van der Waals surface area contributed by atoms with Crippen molar-refractivity contribution in [3.63, 3.8) is 0 Å². The van der Waals surface area contributed by atoms with E-state index < -0.39 is 6.04 Å². The second-order valence-electron chi connectivity index (χ2n) is 6.46. The summed E-state index contributed by atoms with van der Waals surface area (Å²) < 4.78 is 12.6. The maximum atomic E-state index is 12.1. The SMILES string of the molecule is CCc1nc2ccc(-c3noc(C(C)NC(=O)c4ccco4)n3)cc2n1CC. The number of fused-ring (bicyclic) bond motifs is 1. The number of hydrogen-bond acceptors (Lipinski definition) is 6. The lowest BCUT2D eigenvalue weighted by Gasteiger charge is -2.07. The summed E-state index contributed by atoms with van der Waals surface area (Å²) in [6, 6.07) is 8.72. The zero-order valence-electron chi connectivity index (χ0n) is 16.0. The number of benzene rings is 1. The molecule has 4 aromatic rings. The highest BCUT2D eigenvalue weighted by Gasteiger charge is 2.20. The molecule has 1 N–H and O–H groups in total. The number of furan rings is 1. The molecule has 1 aromatic carbocycles. The minimum absolute atomic E-state index is 0.233. The van der Waals surface area contributed by atoms with Crippen LogP contribution in [0.5, 0.6) is 0 Å². The number of nitrogens with zero attached hydrogens (tertiary/aromatic N) is 4. The van der Waals surface area contributed by atoms with Gasteiger partial charge in [-0.1, -0.05) is 12.1 Å². The van der Waals surface area contributed by atoms with E-state index in [2.05, 4.69) is 38.9 Å².